The lowest BCUT2D eigenvalue weighted by molar-refractivity contribution is 0.274. The summed E-state index contributed by atoms with van der Waals surface area (Å²) in [6, 6.07) is 18.4. The van der Waals surface area contributed by atoms with Gasteiger partial charge in [0.05, 0.1) is 0 Å². The Labute approximate surface area is 145 Å². The molecule has 2 aromatic heterocycles. The van der Waals surface area contributed by atoms with E-state index in [1.54, 1.807) is 0 Å². The van der Waals surface area contributed by atoms with Crippen molar-refractivity contribution in [1.29, 1.82) is 0 Å². The van der Waals surface area contributed by atoms with E-state index < -0.39 is 0 Å². The van der Waals surface area contributed by atoms with Crippen molar-refractivity contribution in [3.05, 3.63) is 54.6 Å². The van der Waals surface area contributed by atoms with E-state index in [2.05, 4.69) is 47.1 Å². The first-order valence-corrected chi connectivity index (χ1v) is 8.57. The Morgan fingerprint density at radius 3 is 2.24 bits per heavy atom. The van der Waals surface area contributed by atoms with Gasteiger partial charge in [-0.3, -0.25) is 0 Å². The molecule has 1 fully saturated rings. The van der Waals surface area contributed by atoms with Gasteiger partial charge in [-0.05, 0) is 5.41 Å². The number of nitrogens with zero attached hydrogens (tertiary/aromatic N) is 5. The van der Waals surface area contributed by atoms with Crippen molar-refractivity contribution in [3.63, 3.8) is 0 Å². The van der Waals surface area contributed by atoms with Crippen LogP contribution in [0.4, 0.5) is 5.82 Å². The van der Waals surface area contributed by atoms with Gasteiger partial charge in [0.15, 0.2) is 17.3 Å². The Kier molecular flexibility index (Phi) is 2.89. The van der Waals surface area contributed by atoms with Crippen molar-refractivity contribution in [1.82, 2.24) is 19.8 Å². The summed E-state index contributed by atoms with van der Waals surface area (Å²) in [4.78, 5) is 2.34. The summed E-state index contributed by atoms with van der Waals surface area (Å²) < 4.78 is 1.89. The minimum Gasteiger partial charge on any atom is -0.353 e. The van der Waals surface area contributed by atoms with Crippen LogP contribution in [0.2, 0.25) is 0 Å². The normalized spacial score (nSPS) is 16.3. The van der Waals surface area contributed by atoms with Crippen LogP contribution in [-0.2, 0) is 0 Å². The maximum atomic E-state index is 4.94. The SMILES string of the molecule is CC1(C)CN(c2nn3c(-c4ccccc4)nnc3c3ccccc23)C1. The standard InChI is InChI=1S/C20H19N5/c1-20(2)12-24(13-20)19-16-11-7-6-10-15(16)18-22-21-17(25(18)23-19)14-8-4-3-5-9-14/h3-11H,12-13H2,1-2H3. The lowest BCUT2D eigenvalue weighted by Crippen LogP contribution is -2.53. The smallest absolute Gasteiger partial charge is 0.186 e. The van der Waals surface area contributed by atoms with Crippen LogP contribution in [0.5, 0.6) is 0 Å². The molecule has 0 atom stereocenters. The molecule has 1 saturated heterocycles. The zero-order valence-corrected chi connectivity index (χ0v) is 14.3. The minimum absolute atomic E-state index is 0.340. The fraction of sp³-hybridized carbons (Fsp3) is 0.250. The first kappa shape index (κ1) is 14.4. The van der Waals surface area contributed by atoms with Crippen molar-refractivity contribution in [3.8, 4) is 11.4 Å². The molecular weight excluding hydrogens is 310 g/mol. The van der Waals surface area contributed by atoms with Crippen LogP contribution in [0, 0.1) is 5.41 Å². The van der Waals surface area contributed by atoms with Crippen molar-refractivity contribution in [2.45, 2.75) is 13.8 Å². The third kappa shape index (κ3) is 2.19. The van der Waals surface area contributed by atoms with Crippen LogP contribution < -0.4 is 4.90 Å². The predicted molar refractivity (Wildman–Crippen MR) is 99.7 cm³/mol. The van der Waals surface area contributed by atoms with Crippen molar-refractivity contribution in [2.24, 2.45) is 5.41 Å². The lowest BCUT2D eigenvalue weighted by Gasteiger charge is -2.46. The van der Waals surface area contributed by atoms with Crippen LogP contribution in [-0.4, -0.2) is 32.9 Å². The second kappa shape index (κ2) is 5.02. The van der Waals surface area contributed by atoms with Crippen molar-refractivity contribution in [2.75, 3.05) is 18.0 Å². The zero-order chi connectivity index (χ0) is 17.0. The highest BCUT2D eigenvalue weighted by molar-refractivity contribution is 6.00. The van der Waals surface area contributed by atoms with E-state index in [0.717, 1.165) is 46.7 Å². The third-order valence-corrected chi connectivity index (χ3v) is 4.81. The first-order valence-electron chi connectivity index (χ1n) is 8.57. The molecule has 0 unspecified atom stereocenters. The van der Waals surface area contributed by atoms with E-state index in [9.17, 15) is 0 Å². The Balaban J connectivity index is 1.78. The highest BCUT2D eigenvalue weighted by Gasteiger charge is 2.36. The molecule has 5 nitrogen and oxygen atoms in total. The highest BCUT2D eigenvalue weighted by atomic mass is 15.4. The number of hydrogen-bond acceptors (Lipinski definition) is 4. The van der Waals surface area contributed by atoms with Gasteiger partial charge in [-0.15, -0.1) is 15.3 Å². The molecule has 2 aromatic carbocycles. The quantitative estimate of drug-likeness (QED) is 0.561. The number of fused-ring (bicyclic) bond motifs is 3. The van der Waals surface area contributed by atoms with E-state index in [1.165, 1.54) is 0 Å². The van der Waals surface area contributed by atoms with Crippen molar-refractivity contribution < 1.29 is 0 Å². The molecule has 5 heteroatoms. The predicted octanol–water partition coefficient (Wildman–Crippen LogP) is 3.79. The second-order valence-corrected chi connectivity index (χ2v) is 7.51. The number of benzene rings is 2. The zero-order valence-electron chi connectivity index (χ0n) is 14.3. The summed E-state index contributed by atoms with van der Waals surface area (Å²) >= 11 is 0. The van der Waals surface area contributed by atoms with E-state index >= 15 is 0 Å². The van der Waals surface area contributed by atoms with Crippen LogP contribution in [0.3, 0.4) is 0 Å². The molecule has 0 bridgehead atoms. The number of aromatic nitrogens is 4. The Bertz CT molecular complexity index is 1070. The summed E-state index contributed by atoms with van der Waals surface area (Å²) in [5.74, 6) is 1.79. The largest absolute Gasteiger partial charge is 0.353 e. The van der Waals surface area contributed by atoms with Gasteiger partial charge in [-0.1, -0.05) is 68.4 Å². The summed E-state index contributed by atoms with van der Waals surface area (Å²) in [5, 5.41) is 16.0. The average Bonchev–Trinajstić information content (AvgIpc) is 3.04. The number of hydrogen-bond donors (Lipinski definition) is 0. The molecule has 0 saturated carbocycles. The monoisotopic (exact) mass is 329 g/mol. The third-order valence-electron chi connectivity index (χ3n) is 4.81. The summed E-state index contributed by atoms with van der Waals surface area (Å²) in [5.41, 5.74) is 2.17. The topological polar surface area (TPSA) is 46.3 Å². The molecular formula is C20H19N5. The maximum absolute atomic E-state index is 4.94. The molecule has 5 rings (SSSR count). The van der Waals surface area contributed by atoms with Crippen molar-refractivity contribution >= 4 is 22.2 Å². The van der Waals surface area contributed by atoms with Gasteiger partial charge in [0.1, 0.15) is 0 Å². The lowest BCUT2D eigenvalue weighted by atomic mass is 9.84. The second-order valence-electron chi connectivity index (χ2n) is 7.51. The van der Waals surface area contributed by atoms with E-state index in [4.69, 9.17) is 5.10 Å². The average molecular weight is 329 g/mol. The van der Waals surface area contributed by atoms with Crippen LogP contribution in [0.1, 0.15) is 13.8 Å². The van der Waals surface area contributed by atoms with Crippen LogP contribution >= 0.6 is 0 Å². The summed E-state index contributed by atoms with van der Waals surface area (Å²) in [7, 11) is 0. The van der Waals surface area contributed by atoms with Gasteiger partial charge in [-0.25, -0.2) is 0 Å². The minimum atomic E-state index is 0.340. The molecule has 4 aromatic rings. The fourth-order valence-corrected chi connectivity index (χ4v) is 3.70. The molecule has 0 spiro atoms. The van der Waals surface area contributed by atoms with E-state index in [1.807, 2.05) is 40.9 Å². The van der Waals surface area contributed by atoms with E-state index in [0.29, 0.717) is 5.41 Å². The van der Waals surface area contributed by atoms with Gasteiger partial charge in [0.25, 0.3) is 0 Å². The molecule has 0 amide bonds. The van der Waals surface area contributed by atoms with E-state index in [-0.39, 0.29) is 0 Å². The van der Waals surface area contributed by atoms with Crippen LogP contribution in [0.15, 0.2) is 54.6 Å². The molecule has 0 radical (unpaired) electrons. The molecule has 1 aliphatic rings. The molecule has 0 aliphatic carbocycles. The number of anilines is 1. The molecule has 0 N–H and O–H groups in total. The number of rotatable bonds is 2. The molecule has 1 aliphatic heterocycles. The Morgan fingerprint density at radius 1 is 0.840 bits per heavy atom. The van der Waals surface area contributed by atoms with Gasteiger partial charge >= 0.3 is 0 Å². The van der Waals surface area contributed by atoms with Gasteiger partial charge in [-0.2, -0.15) is 4.52 Å². The molecule has 124 valence electrons. The fourth-order valence-electron chi connectivity index (χ4n) is 3.70. The maximum Gasteiger partial charge on any atom is 0.186 e. The van der Waals surface area contributed by atoms with Gasteiger partial charge in [0, 0.05) is 29.4 Å². The Hall–Kier alpha value is -2.95. The summed E-state index contributed by atoms with van der Waals surface area (Å²) in [6.45, 7) is 6.60. The Morgan fingerprint density at radius 2 is 1.52 bits per heavy atom. The van der Waals surface area contributed by atoms with Gasteiger partial charge < -0.3 is 4.90 Å². The molecule has 3 heterocycles. The highest BCUT2D eigenvalue weighted by Crippen LogP contribution is 2.37. The first-order chi connectivity index (χ1) is 12.1. The van der Waals surface area contributed by atoms with Gasteiger partial charge in [0.2, 0.25) is 0 Å². The van der Waals surface area contributed by atoms with Crippen LogP contribution in [0.25, 0.3) is 27.8 Å². The summed E-state index contributed by atoms with van der Waals surface area (Å²) in [6.07, 6.45) is 0. The molecule has 25 heavy (non-hydrogen) atoms.